The number of halogens is 2. The van der Waals surface area contributed by atoms with Gasteiger partial charge in [0, 0.05) is 17.6 Å². The van der Waals surface area contributed by atoms with Crippen LogP contribution in [0.5, 0.6) is 0 Å². The van der Waals surface area contributed by atoms with Crippen LogP contribution < -0.4 is 5.56 Å². The Morgan fingerprint density at radius 3 is 2.71 bits per heavy atom. The first-order chi connectivity index (χ1) is 6.68. The molecule has 2 rings (SSSR count). The first kappa shape index (κ1) is 9.44. The summed E-state index contributed by atoms with van der Waals surface area (Å²) in [5.74, 6) is 0. The van der Waals surface area contributed by atoms with E-state index in [4.69, 9.17) is 23.2 Å². The summed E-state index contributed by atoms with van der Waals surface area (Å²) in [5, 5.41) is 2.29. The van der Waals surface area contributed by atoms with E-state index in [0.29, 0.717) is 15.4 Å². The molecule has 0 fully saturated rings. The first-order valence-electron chi connectivity index (χ1n) is 3.92. The molecule has 1 heterocycles. The second-order valence-corrected chi connectivity index (χ2v) is 3.58. The number of hydrogen-bond acceptors (Lipinski definition) is 2. The minimum Gasteiger partial charge on any atom is -0.267 e. The summed E-state index contributed by atoms with van der Waals surface area (Å²) in [6.07, 6.45) is 1.45. The van der Waals surface area contributed by atoms with E-state index in [1.54, 1.807) is 18.2 Å². The van der Waals surface area contributed by atoms with Gasteiger partial charge in [-0.05, 0) is 17.5 Å². The lowest BCUT2D eigenvalue weighted by atomic mass is 10.2. The topological polar surface area (TPSA) is 30.0 Å². The minimum absolute atomic E-state index is 0.329. The van der Waals surface area contributed by atoms with Gasteiger partial charge in [0.1, 0.15) is 0 Å². The van der Waals surface area contributed by atoms with Crippen LogP contribution in [-0.2, 0) is 0 Å². The van der Waals surface area contributed by atoms with Crippen LogP contribution in [0.4, 0.5) is 0 Å². The Morgan fingerprint density at radius 1 is 1.14 bits per heavy atom. The van der Waals surface area contributed by atoms with E-state index >= 15 is 0 Å². The number of hydrogen-bond donors (Lipinski definition) is 0. The summed E-state index contributed by atoms with van der Waals surface area (Å²) < 4.78 is 0. The molecule has 14 heavy (non-hydrogen) atoms. The fourth-order valence-corrected chi connectivity index (χ4v) is 1.62. The molecule has 0 radical (unpaired) electrons. The molecule has 2 nitrogen and oxygen atoms in total. The number of benzene rings is 1. The fraction of sp³-hybridized carbons (Fsp3) is 0. The van der Waals surface area contributed by atoms with Crippen molar-refractivity contribution in [1.29, 1.82) is 0 Å². The molecule has 0 aliphatic carbocycles. The van der Waals surface area contributed by atoms with Crippen LogP contribution >= 0.6 is 23.2 Å². The standard InChI is InChI=1S/C10H5Cl2NO/c11-8-2-1-6-3-4-13-9(14)5-7(6)10(8)12/h1-5H. The normalized spacial score (nSPS) is 10.4. The van der Waals surface area contributed by atoms with E-state index in [2.05, 4.69) is 4.98 Å². The van der Waals surface area contributed by atoms with Gasteiger partial charge in [-0.25, -0.2) is 4.98 Å². The first-order valence-corrected chi connectivity index (χ1v) is 4.68. The Labute approximate surface area is 90.1 Å². The summed E-state index contributed by atoms with van der Waals surface area (Å²) in [5.41, 5.74) is -0.329. The van der Waals surface area contributed by atoms with Gasteiger partial charge >= 0.3 is 0 Å². The molecule has 1 aromatic carbocycles. The fourth-order valence-electron chi connectivity index (χ4n) is 1.23. The molecule has 0 saturated carbocycles. The van der Waals surface area contributed by atoms with Crippen LogP contribution in [0.15, 0.2) is 35.3 Å². The highest BCUT2D eigenvalue weighted by atomic mass is 35.5. The lowest BCUT2D eigenvalue weighted by Gasteiger charge is -1.97. The molecule has 0 spiro atoms. The third-order valence-corrected chi connectivity index (χ3v) is 2.71. The maximum atomic E-state index is 11.1. The zero-order valence-corrected chi connectivity index (χ0v) is 8.51. The van der Waals surface area contributed by atoms with E-state index in [-0.39, 0.29) is 5.56 Å². The van der Waals surface area contributed by atoms with Crippen molar-refractivity contribution in [2.75, 3.05) is 0 Å². The van der Waals surface area contributed by atoms with Gasteiger partial charge in [-0.1, -0.05) is 29.3 Å². The van der Waals surface area contributed by atoms with Crippen LogP contribution in [0.2, 0.25) is 10.0 Å². The quantitative estimate of drug-likeness (QED) is 0.691. The Hall–Kier alpha value is -1.12. The predicted octanol–water partition coefficient (Wildman–Crippen LogP) is 2.90. The molecule has 4 heteroatoms. The van der Waals surface area contributed by atoms with Crippen LogP contribution in [0.3, 0.4) is 0 Å². The number of nitrogens with zero attached hydrogens (tertiary/aromatic N) is 1. The molecule has 0 bridgehead atoms. The van der Waals surface area contributed by atoms with Gasteiger partial charge in [-0.3, -0.25) is 4.79 Å². The predicted molar refractivity (Wildman–Crippen MR) is 58.0 cm³/mol. The van der Waals surface area contributed by atoms with Crippen LogP contribution in [0, 0.1) is 0 Å². The van der Waals surface area contributed by atoms with Crippen LogP contribution in [0.25, 0.3) is 10.8 Å². The van der Waals surface area contributed by atoms with Gasteiger partial charge < -0.3 is 0 Å². The number of rotatable bonds is 0. The third-order valence-electron chi connectivity index (χ3n) is 1.89. The van der Waals surface area contributed by atoms with Gasteiger partial charge in [0.15, 0.2) is 0 Å². The zero-order chi connectivity index (χ0) is 10.1. The van der Waals surface area contributed by atoms with E-state index in [1.165, 1.54) is 12.3 Å². The summed E-state index contributed by atoms with van der Waals surface area (Å²) in [4.78, 5) is 14.8. The van der Waals surface area contributed by atoms with Crippen LogP contribution in [-0.4, -0.2) is 4.98 Å². The van der Waals surface area contributed by atoms with E-state index in [1.807, 2.05) is 0 Å². The zero-order valence-electron chi connectivity index (χ0n) is 7.00. The van der Waals surface area contributed by atoms with E-state index < -0.39 is 0 Å². The van der Waals surface area contributed by atoms with Crippen molar-refractivity contribution in [3.05, 3.63) is 50.9 Å². The highest BCUT2D eigenvalue weighted by Crippen LogP contribution is 2.28. The van der Waals surface area contributed by atoms with Crippen LogP contribution in [0.1, 0.15) is 0 Å². The second kappa shape index (κ2) is 3.56. The van der Waals surface area contributed by atoms with Crippen molar-refractivity contribution < 1.29 is 0 Å². The Morgan fingerprint density at radius 2 is 1.93 bits per heavy atom. The largest absolute Gasteiger partial charge is 0.270 e. The van der Waals surface area contributed by atoms with Crippen molar-refractivity contribution in [3.63, 3.8) is 0 Å². The molecule has 0 aliphatic heterocycles. The maximum Gasteiger partial charge on any atom is 0.270 e. The minimum atomic E-state index is -0.329. The molecule has 2 aromatic rings. The van der Waals surface area contributed by atoms with Crippen molar-refractivity contribution in [3.8, 4) is 0 Å². The highest BCUT2D eigenvalue weighted by molar-refractivity contribution is 6.45. The van der Waals surface area contributed by atoms with Crippen molar-refractivity contribution >= 4 is 34.0 Å². The highest BCUT2D eigenvalue weighted by Gasteiger charge is 2.02. The summed E-state index contributed by atoms with van der Waals surface area (Å²) >= 11 is 11.8. The molecule has 0 amide bonds. The van der Waals surface area contributed by atoms with Gasteiger partial charge in [-0.2, -0.15) is 0 Å². The van der Waals surface area contributed by atoms with E-state index in [9.17, 15) is 4.79 Å². The average molecular weight is 226 g/mol. The molecule has 0 unspecified atom stereocenters. The second-order valence-electron chi connectivity index (χ2n) is 2.79. The molecule has 70 valence electrons. The number of aromatic nitrogens is 1. The smallest absolute Gasteiger partial charge is 0.267 e. The summed E-state index contributed by atoms with van der Waals surface area (Å²) in [6.45, 7) is 0. The van der Waals surface area contributed by atoms with Gasteiger partial charge in [0.25, 0.3) is 5.56 Å². The maximum absolute atomic E-state index is 11.1. The molecular formula is C10H5Cl2NO. The Balaban J connectivity index is 3.02. The molecule has 0 atom stereocenters. The third kappa shape index (κ3) is 1.59. The molecule has 0 saturated heterocycles. The van der Waals surface area contributed by atoms with Gasteiger partial charge in [-0.15, -0.1) is 0 Å². The molecule has 1 aromatic heterocycles. The lowest BCUT2D eigenvalue weighted by Crippen LogP contribution is -1.96. The summed E-state index contributed by atoms with van der Waals surface area (Å²) in [7, 11) is 0. The lowest BCUT2D eigenvalue weighted by molar-refractivity contribution is 1.28. The Kier molecular flexibility index (Phi) is 2.40. The number of fused-ring (bicyclic) bond motifs is 1. The monoisotopic (exact) mass is 225 g/mol. The van der Waals surface area contributed by atoms with Crippen molar-refractivity contribution in [1.82, 2.24) is 4.98 Å². The molecule has 0 N–H and O–H groups in total. The van der Waals surface area contributed by atoms with Gasteiger partial charge in [0.05, 0.1) is 10.0 Å². The average Bonchev–Trinajstić information content (AvgIpc) is 2.34. The molecule has 0 aliphatic rings. The van der Waals surface area contributed by atoms with E-state index in [0.717, 1.165) is 5.39 Å². The SMILES string of the molecule is O=c1cc2c(Cl)c(Cl)ccc2ccn1. The van der Waals surface area contributed by atoms with Gasteiger partial charge in [0.2, 0.25) is 0 Å². The van der Waals surface area contributed by atoms with Crippen molar-refractivity contribution in [2.45, 2.75) is 0 Å². The molecular weight excluding hydrogens is 221 g/mol. The Bertz CT molecular complexity index is 554. The van der Waals surface area contributed by atoms with Crippen molar-refractivity contribution in [2.24, 2.45) is 0 Å². The summed E-state index contributed by atoms with van der Waals surface area (Å²) in [6, 6.07) is 6.59.